The standard InChI is InChI=1S/C11H24N2O2/c1-2-15-11(7-12)8-13-5-3-10(9-14)4-6-13/h10-11,14H,2-9,12H2,1H3. The number of likely N-dealkylation sites (tertiary alicyclic amines) is 1. The average Bonchev–Trinajstić information content (AvgIpc) is 2.29. The molecular formula is C11H24N2O2. The fourth-order valence-electron chi connectivity index (χ4n) is 2.07. The van der Waals surface area contributed by atoms with E-state index in [4.69, 9.17) is 15.6 Å². The van der Waals surface area contributed by atoms with Gasteiger partial charge in [-0.3, -0.25) is 0 Å². The molecule has 1 unspecified atom stereocenters. The number of nitrogens with zero attached hydrogens (tertiary/aromatic N) is 1. The number of aliphatic hydroxyl groups excluding tert-OH is 1. The molecule has 1 aliphatic rings. The maximum Gasteiger partial charge on any atom is 0.0823 e. The van der Waals surface area contributed by atoms with Crippen LogP contribution in [-0.2, 0) is 4.74 Å². The quantitative estimate of drug-likeness (QED) is 0.659. The lowest BCUT2D eigenvalue weighted by Crippen LogP contribution is -2.42. The van der Waals surface area contributed by atoms with Gasteiger partial charge >= 0.3 is 0 Å². The molecule has 0 aromatic heterocycles. The predicted octanol–water partition coefficient (Wildman–Crippen LogP) is 0.0545. The summed E-state index contributed by atoms with van der Waals surface area (Å²) in [6.45, 7) is 6.72. The van der Waals surface area contributed by atoms with E-state index in [1.54, 1.807) is 0 Å². The Kier molecular flexibility index (Phi) is 6.17. The molecule has 1 atom stereocenters. The topological polar surface area (TPSA) is 58.7 Å². The molecule has 0 saturated carbocycles. The molecule has 4 heteroatoms. The third-order valence-electron chi connectivity index (χ3n) is 3.09. The molecule has 15 heavy (non-hydrogen) atoms. The lowest BCUT2D eigenvalue weighted by Gasteiger charge is -2.33. The zero-order valence-corrected chi connectivity index (χ0v) is 9.69. The second-order valence-corrected chi connectivity index (χ2v) is 4.24. The van der Waals surface area contributed by atoms with Gasteiger partial charge in [0.05, 0.1) is 6.10 Å². The molecule has 90 valence electrons. The molecule has 1 fully saturated rings. The summed E-state index contributed by atoms with van der Waals surface area (Å²) in [6, 6.07) is 0. The van der Waals surface area contributed by atoms with E-state index in [9.17, 15) is 0 Å². The van der Waals surface area contributed by atoms with Gasteiger partial charge in [-0.05, 0) is 38.8 Å². The molecule has 1 aliphatic heterocycles. The number of hydrogen-bond donors (Lipinski definition) is 2. The minimum absolute atomic E-state index is 0.167. The van der Waals surface area contributed by atoms with Gasteiger partial charge in [0.1, 0.15) is 0 Å². The number of nitrogens with two attached hydrogens (primary N) is 1. The van der Waals surface area contributed by atoms with Gasteiger partial charge in [-0.25, -0.2) is 0 Å². The lowest BCUT2D eigenvalue weighted by atomic mass is 9.98. The van der Waals surface area contributed by atoms with E-state index in [2.05, 4.69) is 4.90 Å². The molecule has 0 spiro atoms. The first-order valence-electron chi connectivity index (χ1n) is 5.95. The first kappa shape index (κ1) is 12.9. The highest BCUT2D eigenvalue weighted by atomic mass is 16.5. The fraction of sp³-hybridized carbons (Fsp3) is 1.00. The van der Waals surface area contributed by atoms with Crippen molar-refractivity contribution in [3.8, 4) is 0 Å². The van der Waals surface area contributed by atoms with E-state index >= 15 is 0 Å². The summed E-state index contributed by atoms with van der Waals surface area (Å²) < 4.78 is 5.53. The van der Waals surface area contributed by atoms with Crippen LogP contribution >= 0.6 is 0 Å². The summed E-state index contributed by atoms with van der Waals surface area (Å²) >= 11 is 0. The summed E-state index contributed by atoms with van der Waals surface area (Å²) in [5.74, 6) is 0.504. The summed E-state index contributed by atoms with van der Waals surface area (Å²) in [7, 11) is 0. The van der Waals surface area contributed by atoms with Crippen LogP contribution in [0.1, 0.15) is 19.8 Å². The molecule has 4 nitrogen and oxygen atoms in total. The lowest BCUT2D eigenvalue weighted by molar-refractivity contribution is 0.0265. The molecule has 0 radical (unpaired) electrons. The number of ether oxygens (including phenoxy) is 1. The van der Waals surface area contributed by atoms with Gasteiger partial charge in [0.25, 0.3) is 0 Å². The van der Waals surface area contributed by atoms with E-state index in [0.29, 0.717) is 19.1 Å². The molecule has 1 heterocycles. The van der Waals surface area contributed by atoms with Crippen molar-refractivity contribution in [3.63, 3.8) is 0 Å². The molecule has 3 N–H and O–H groups in total. The van der Waals surface area contributed by atoms with Gasteiger partial charge in [-0.15, -0.1) is 0 Å². The molecule has 1 rings (SSSR count). The second-order valence-electron chi connectivity index (χ2n) is 4.24. The van der Waals surface area contributed by atoms with Gasteiger partial charge in [-0.2, -0.15) is 0 Å². The Morgan fingerprint density at radius 2 is 2.13 bits per heavy atom. The van der Waals surface area contributed by atoms with Crippen LogP contribution in [0.25, 0.3) is 0 Å². The maximum absolute atomic E-state index is 9.03. The van der Waals surface area contributed by atoms with Crippen LogP contribution in [0.3, 0.4) is 0 Å². The van der Waals surface area contributed by atoms with Gasteiger partial charge in [0.2, 0.25) is 0 Å². The van der Waals surface area contributed by atoms with Gasteiger partial charge < -0.3 is 20.5 Å². The zero-order chi connectivity index (χ0) is 11.1. The fourth-order valence-corrected chi connectivity index (χ4v) is 2.07. The molecule has 0 amide bonds. The molecule has 0 aromatic carbocycles. The predicted molar refractivity (Wildman–Crippen MR) is 60.7 cm³/mol. The van der Waals surface area contributed by atoms with Crippen LogP contribution in [0.15, 0.2) is 0 Å². The monoisotopic (exact) mass is 216 g/mol. The molecule has 0 aliphatic carbocycles. The van der Waals surface area contributed by atoms with Crippen LogP contribution in [0.4, 0.5) is 0 Å². The van der Waals surface area contributed by atoms with E-state index in [-0.39, 0.29) is 6.10 Å². The van der Waals surface area contributed by atoms with Crippen molar-refractivity contribution in [2.75, 3.05) is 39.4 Å². The SMILES string of the molecule is CCOC(CN)CN1CCC(CO)CC1. The Labute approximate surface area is 92.4 Å². The van der Waals surface area contributed by atoms with Crippen LogP contribution in [-0.4, -0.2) is 55.5 Å². The van der Waals surface area contributed by atoms with Crippen molar-refractivity contribution < 1.29 is 9.84 Å². The molecule has 0 aromatic rings. The van der Waals surface area contributed by atoms with E-state index in [1.807, 2.05) is 6.92 Å². The smallest absolute Gasteiger partial charge is 0.0823 e. The van der Waals surface area contributed by atoms with Crippen LogP contribution in [0, 0.1) is 5.92 Å². The van der Waals surface area contributed by atoms with E-state index < -0.39 is 0 Å². The molecular weight excluding hydrogens is 192 g/mol. The highest BCUT2D eigenvalue weighted by molar-refractivity contribution is 4.74. The zero-order valence-electron chi connectivity index (χ0n) is 9.69. The largest absolute Gasteiger partial charge is 0.396 e. The van der Waals surface area contributed by atoms with Crippen molar-refractivity contribution in [1.82, 2.24) is 4.90 Å². The summed E-state index contributed by atoms with van der Waals surface area (Å²) in [6.07, 6.45) is 2.36. The van der Waals surface area contributed by atoms with Gasteiger partial charge in [0.15, 0.2) is 0 Å². The highest BCUT2D eigenvalue weighted by Crippen LogP contribution is 2.16. The van der Waals surface area contributed by atoms with Crippen LogP contribution in [0.5, 0.6) is 0 Å². The normalized spacial score (nSPS) is 21.8. The minimum atomic E-state index is 0.167. The van der Waals surface area contributed by atoms with Crippen molar-refractivity contribution in [2.24, 2.45) is 11.7 Å². The summed E-state index contributed by atoms with van der Waals surface area (Å²) in [4.78, 5) is 2.39. The average molecular weight is 216 g/mol. The summed E-state index contributed by atoms with van der Waals surface area (Å²) in [5, 5.41) is 9.03. The van der Waals surface area contributed by atoms with E-state index in [1.165, 1.54) is 0 Å². The minimum Gasteiger partial charge on any atom is -0.396 e. The number of aliphatic hydroxyl groups is 1. The van der Waals surface area contributed by atoms with Crippen molar-refractivity contribution in [3.05, 3.63) is 0 Å². The van der Waals surface area contributed by atoms with Gasteiger partial charge in [-0.1, -0.05) is 0 Å². The number of rotatable bonds is 6. The second kappa shape index (κ2) is 7.17. The Balaban J connectivity index is 2.21. The third kappa shape index (κ3) is 4.47. The first-order valence-corrected chi connectivity index (χ1v) is 5.95. The summed E-state index contributed by atoms with van der Waals surface area (Å²) in [5.41, 5.74) is 5.64. The third-order valence-corrected chi connectivity index (χ3v) is 3.09. The Morgan fingerprint density at radius 3 is 2.60 bits per heavy atom. The number of piperidine rings is 1. The molecule has 0 bridgehead atoms. The van der Waals surface area contributed by atoms with Crippen LogP contribution in [0.2, 0.25) is 0 Å². The van der Waals surface area contributed by atoms with Crippen molar-refractivity contribution in [2.45, 2.75) is 25.9 Å². The first-order chi connectivity index (χ1) is 7.30. The van der Waals surface area contributed by atoms with E-state index in [0.717, 1.165) is 39.1 Å². The Morgan fingerprint density at radius 1 is 1.47 bits per heavy atom. The van der Waals surface area contributed by atoms with Gasteiger partial charge in [0, 0.05) is 26.3 Å². The molecule has 1 saturated heterocycles. The number of hydrogen-bond acceptors (Lipinski definition) is 4. The maximum atomic E-state index is 9.03. The van der Waals surface area contributed by atoms with Crippen LogP contribution < -0.4 is 5.73 Å². The van der Waals surface area contributed by atoms with Crippen molar-refractivity contribution >= 4 is 0 Å². The Bertz CT molecular complexity index is 159. The highest BCUT2D eigenvalue weighted by Gasteiger charge is 2.20. The van der Waals surface area contributed by atoms with Crippen molar-refractivity contribution in [1.29, 1.82) is 0 Å². The Hall–Kier alpha value is -0.160.